The van der Waals surface area contributed by atoms with Crippen LogP contribution in [0.25, 0.3) is 10.9 Å². The SMILES string of the molecule is CCc1nc2cc(F)c(F)cc2c(OC(=O)C2CCC2)c1C. The normalized spacial score (nSPS) is 14.9. The molecule has 1 heterocycles. The third-order valence-corrected chi connectivity index (χ3v) is 4.29. The molecule has 0 unspecified atom stereocenters. The molecule has 0 saturated heterocycles. The van der Waals surface area contributed by atoms with Gasteiger partial charge in [-0.2, -0.15) is 0 Å². The number of pyridine rings is 1. The van der Waals surface area contributed by atoms with Gasteiger partial charge in [-0.05, 0) is 32.3 Å². The maximum absolute atomic E-state index is 13.6. The molecule has 22 heavy (non-hydrogen) atoms. The van der Waals surface area contributed by atoms with Crippen LogP contribution in [0.15, 0.2) is 12.1 Å². The molecule has 1 aliphatic carbocycles. The van der Waals surface area contributed by atoms with Crippen LogP contribution >= 0.6 is 0 Å². The molecule has 1 aromatic heterocycles. The van der Waals surface area contributed by atoms with Gasteiger partial charge in [-0.25, -0.2) is 8.78 Å². The molecule has 0 atom stereocenters. The molecule has 0 amide bonds. The monoisotopic (exact) mass is 305 g/mol. The van der Waals surface area contributed by atoms with Crippen LogP contribution in [0.3, 0.4) is 0 Å². The van der Waals surface area contributed by atoms with Gasteiger partial charge in [-0.1, -0.05) is 13.3 Å². The summed E-state index contributed by atoms with van der Waals surface area (Å²) in [5.41, 5.74) is 1.72. The molecule has 0 bridgehead atoms. The Hall–Kier alpha value is -2.04. The average Bonchev–Trinajstić information content (AvgIpc) is 2.42. The van der Waals surface area contributed by atoms with Gasteiger partial charge in [0.15, 0.2) is 11.6 Å². The van der Waals surface area contributed by atoms with E-state index in [-0.39, 0.29) is 11.9 Å². The van der Waals surface area contributed by atoms with E-state index in [4.69, 9.17) is 4.74 Å². The number of nitrogens with zero attached hydrogens (tertiary/aromatic N) is 1. The summed E-state index contributed by atoms with van der Waals surface area (Å²) in [6, 6.07) is 2.09. The van der Waals surface area contributed by atoms with Crippen LogP contribution in [0, 0.1) is 24.5 Å². The van der Waals surface area contributed by atoms with Crippen molar-refractivity contribution in [1.29, 1.82) is 0 Å². The predicted octanol–water partition coefficient (Wildman–Crippen LogP) is 4.09. The summed E-state index contributed by atoms with van der Waals surface area (Å²) in [5, 5.41) is 0.335. The second-order valence-electron chi connectivity index (χ2n) is 5.70. The molecule has 2 aromatic rings. The van der Waals surface area contributed by atoms with Crippen LogP contribution in [0.5, 0.6) is 5.75 Å². The van der Waals surface area contributed by atoms with Crippen molar-refractivity contribution in [1.82, 2.24) is 4.98 Å². The Kier molecular flexibility index (Phi) is 3.81. The molecule has 116 valence electrons. The Balaban J connectivity index is 2.13. The fourth-order valence-corrected chi connectivity index (χ4v) is 2.68. The number of hydrogen-bond donors (Lipinski definition) is 0. The van der Waals surface area contributed by atoms with Gasteiger partial charge in [0.05, 0.1) is 11.4 Å². The summed E-state index contributed by atoms with van der Waals surface area (Å²) in [6.07, 6.45) is 3.29. The van der Waals surface area contributed by atoms with E-state index in [2.05, 4.69) is 4.98 Å². The lowest BCUT2D eigenvalue weighted by molar-refractivity contribution is -0.141. The maximum Gasteiger partial charge on any atom is 0.314 e. The van der Waals surface area contributed by atoms with E-state index < -0.39 is 11.6 Å². The minimum absolute atomic E-state index is 0.0852. The first-order valence-electron chi connectivity index (χ1n) is 7.51. The van der Waals surface area contributed by atoms with Gasteiger partial charge in [0, 0.05) is 22.7 Å². The highest BCUT2D eigenvalue weighted by Crippen LogP contribution is 2.34. The number of esters is 1. The number of halogens is 2. The number of hydrogen-bond acceptors (Lipinski definition) is 3. The van der Waals surface area contributed by atoms with Crippen molar-refractivity contribution in [2.45, 2.75) is 39.5 Å². The number of ether oxygens (including phenoxy) is 1. The highest BCUT2D eigenvalue weighted by atomic mass is 19.2. The fourth-order valence-electron chi connectivity index (χ4n) is 2.68. The summed E-state index contributed by atoms with van der Waals surface area (Å²) in [5.74, 6) is -2.01. The largest absolute Gasteiger partial charge is 0.425 e. The molecular weight excluding hydrogens is 288 g/mol. The zero-order chi connectivity index (χ0) is 15.9. The van der Waals surface area contributed by atoms with Crippen molar-refractivity contribution < 1.29 is 18.3 Å². The van der Waals surface area contributed by atoms with Crippen LogP contribution in [0.4, 0.5) is 8.78 Å². The van der Waals surface area contributed by atoms with Crippen LogP contribution in [-0.2, 0) is 11.2 Å². The Morgan fingerprint density at radius 2 is 2.00 bits per heavy atom. The zero-order valence-corrected chi connectivity index (χ0v) is 12.6. The number of carbonyl (C=O) groups is 1. The van der Waals surface area contributed by atoms with Crippen molar-refractivity contribution in [2.75, 3.05) is 0 Å². The van der Waals surface area contributed by atoms with Gasteiger partial charge in [0.1, 0.15) is 5.75 Å². The van der Waals surface area contributed by atoms with E-state index >= 15 is 0 Å². The summed E-state index contributed by atoms with van der Waals surface area (Å²) < 4.78 is 32.6. The number of aromatic nitrogens is 1. The number of carbonyl (C=O) groups excluding carboxylic acids is 1. The summed E-state index contributed by atoms with van der Waals surface area (Å²) in [4.78, 5) is 16.5. The molecule has 3 nitrogen and oxygen atoms in total. The van der Waals surface area contributed by atoms with E-state index in [9.17, 15) is 13.6 Å². The molecular formula is C17H17F2NO2. The summed E-state index contributed by atoms with van der Waals surface area (Å²) in [6.45, 7) is 3.70. The second kappa shape index (κ2) is 5.63. The van der Waals surface area contributed by atoms with Crippen LogP contribution in [0.1, 0.15) is 37.4 Å². The number of benzene rings is 1. The first-order valence-corrected chi connectivity index (χ1v) is 7.51. The lowest BCUT2D eigenvalue weighted by atomic mass is 9.86. The number of aryl methyl sites for hydroxylation is 1. The van der Waals surface area contributed by atoms with Crippen LogP contribution < -0.4 is 4.74 Å². The molecule has 1 aliphatic rings. The fraction of sp³-hybridized carbons (Fsp3) is 0.412. The molecule has 0 spiro atoms. The van der Waals surface area contributed by atoms with E-state index in [1.54, 1.807) is 6.92 Å². The molecule has 0 aliphatic heterocycles. The lowest BCUT2D eigenvalue weighted by Gasteiger charge is -2.24. The first kappa shape index (κ1) is 14.9. The maximum atomic E-state index is 13.6. The van der Waals surface area contributed by atoms with Crippen molar-refractivity contribution in [2.24, 2.45) is 5.92 Å². The first-order chi connectivity index (χ1) is 10.5. The quantitative estimate of drug-likeness (QED) is 0.802. The molecule has 0 radical (unpaired) electrons. The predicted molar refractivity (Wildman–Crippen MR) is 78.8 cm³/mol. The number of rotatable bonds is 3. The molecule has 5 heteroatoms. The third kappa shape index (κ3) is 2.45. The highest BCUT2D eigenvalue weighted by Gasteiger charge is 2.28. The van der Waals surface area contributed by atoms with Gasteiger partial charge in [0.25, 0.3) is 0 Å². The molecule has 0 N–H and O–H groups in total. The number of fused-ring (bicyclic) bond motifs is 1. The van der Waals surface area contributed by atoms with Crippen LogP contribution in [0.2, 0.25) is 0 Å². The van der Waals surface area contributed by atoms with Crippen LogP contribution in [-0.4, -0.2) is 11.0 Å². The standard InChI is InChI=1S/C17H17F2NO2/c1-3-14-9(2)16(22-17(21)10-5-4-6-10)11-7-12(18)13(19)8-15(11)20-14/h7-8,10H,3-6H2,1-2H3. The van der Waals surface area contributed by atoms with Gasteiger partial charge in [0.2, 0.25) is 0 Å². The summed E-state index contributed by atoms with van der Waals surface area (Å²) in [7, 11) is 0. The smallest absolute Gasteiger partial charge is 0.314 e. The van der Waals surface area contributed by atoms with Crippen molar-refractivity contribution in [3.63, 3.8) is 0 Å². The minimum Gasteiger partial charge on any atom is -0.425 e. The minimum atomic E-state index is -0.973. The van der Waals surface area contributed by atoms with Crippen molar-refractivity contribution >= 4 is 16.9 Å². The Morgan fingerprint density at radius 3 is 2.59 bits per heavy atom. The molecule has 3 rings (SSSR count). The van der Waals surface area contributed by atoms with Gasteiger partial charge < -0.3 is 4.74 Å². The highest BCUT2D eigenvalue weighted by molar-refractivity contribution is 5.90. The molecule has 1 fully saturated rings. The van der Waals surface area contributed by atoms with Crippen molar-refractivity contribution in [3.8, 4) is 5.75 Å². The third-order valence-electron chi connectivity index (χ3n) is 4.29. The lowest BCUT2D eigenvalue weighted by Crippen LogP contribution is -2.26. The summed E-state index contributed by atoms with van der Waals surface area (Å²) >= 11 is 0. The molecule has 1 saturated carbocycles. The molecule has 1 aromatic carbocycles. The Bertz CT molecular complexity index is 754. The zero-order valence-electron chi connectivity index (χ0n) is 12.6. The average molecular weight is 305 g/mol. The van der Waals surface area contributed by atoms with Crippen molar-refractivity contribution in [3.05, 3.63) is 35.0 Å². The second-order valence-corrected chi connectivity index (χ2v) is 5.70. The van der Waals surface area contributed by atoms with E-state index in [1.807, 2.05) is 6.92 Å². The Labute approximate surface area is 127 Å². The van der Waals surface area contributed by atoms with Gasteiger partial charge in [-0.3, -0.25) is 9.78 Å². The van der Waals surface area contributed by atoms with Gasteiger partial charge >= 0.3 is 5.97 Å². The Morgan fingerprint density at radius 1 is 1.32 bits per heavy atom. The van der Waals surface area contributed by atoms with E-state index in [0.29, 0.717) is 28.6 Å². The van der Waals surface area contributed by atoms with E-state index in [0.717, 1.165) is 37.1 Å². The van der Waals surface area contributed by atoms with E-state index in [1.165, 1.54) is 0 Å². The topological polar surface area (TPSA) is 39.2 Å². The van der Waals surface area contributed by atoms with Gasteiger partial charge in [-0.15, -0.1) is 0 Å².